The van der Waals surface area contributed by atoms with Crippen LogP contribution >= 0.6 is 0 Å². The van der Waals surface area contributed by atoms with Gasteiger partial charge in [0.25, 0.3) is 0 Å². The van der Waals surface area contributed by atoms with E-state index in [0.717, 1.165) is 12.8 Å². The fraction of sp³-hybridized carbons (Fsp3) is 0.400. The van der Waals surface area contributed by atoms with Gasteiger partial charge in [-0.05, 0) is 18.6 Å². The van der Waals surface area contributed by atoms with E-state index in [2.05, 4.69) is 6.92 Å². The molecule has 0 radical (unpaired) electrons. The SMILES string of the molecule is CCCCOc1cc(N)ccc1F. The van der Waals surface area contributed by atoms with Crippen LogP contribution in [0.4, 0.5) is 10.1 Å². The lowest BCUT2D eigenvalue weighted by Gasteiger charge is -2.06. The summed E-state index contributed by atoms with van der Waals surface area (Å²) in [6.45, 7) is 2.59. The van der Waals surface area contributed by atoms with Crippen LogP contribution < -0.4 is 10.5 Å². The van der Waals surface area contributed by atoms with Gasteiger partial charge in [0.05, 0.1) is 6.61 Å². The molecule has 0 aromatic heterocycles. The molecular formula is C10H14FNO. The molecule has 0 atom stereocenters. The van der Waals surface area contributed by atoms with Gasteiger partial charge in [0, 0.05) is 11.8 Å². The molecule has 72 valence electrons. The average molecular weight is 183 g/mol. The maximum atomic E-state index is 13.0. The molecule has 0 aliphatic heterocycles. The zero-order valence-corrected chi connectivity index (χ0v) is 7.72. The summed E-state index contributed by atoms with van der Waals surface area (Å²) >= 11 is 0. The molecule has 0 unspecified atom stereocenters. The third kappa shape index (κ3) is 2.93. The van der Waals surface area contributed by atoms with Crippen molar-refractivity contribution in [1.29, 1.82) is 0 Å². The van der Waals surface area contributed by atoms with Crippen LogP contribution in [0, 0.1) is 5.82 Å². The Bertz CT molecular complexity index is 276. The second-order valence-corrected chi connectivity index (χ2v) is 2.89. The number of unbranched alkanes of at least 4 members (excludes halogenated alkanes) is 1. The quantitative estimate of drug-likeness (QED) is 0.575. The molecule has 0 aliphatic carbocycles. The fourth-order valence-electron chi connectivity index (χ4n) is 0.957. The predicted molar refractivity (Wildman–Crippen MR) is 51.2 cm³/mol. The van der Waals surface area contributed by atoms with Crippen LogP contribution in [0.5, 0.6) is 5.75 Å². The van der Waals surface area contributed by atoms with Gasteiger partial charge in [-0.25, -0.2) is 4.39 Å². The minimum atomic E-state index is -0.356. The summed E-state index contributed by atoms with van der Waals surface area (Å²) in [6, 6.07) is 4.34. The lowest BCUT2D eigenvalue weighted by atomic mass is 10.3. The zero-order chi connectivity index (χ0) is 9.68. The van der Waals surface area contributed by atoms with Crippen molar-refractivity contribution in [3.05, 3.63) is 24.0 Å². The van der Waals surface area contributed by atoms with E-state index in [-0.39, 0.29) is 11.6 Å². The van der Waals surface area contributed by atoms with Gasteiger partial charge < -0.3 is 10.5 Å². The van der Waals surface area contributed by atoms with E-state index in [1.54, 1.807) is 0 Å². The second-order valence-electron chi connectivity index (χ2n) is 2.89. The summed E-state index contributed by atoms with van der Waals surface area (Å²) in [5.74, 6) is -0.112. The zero-order valence-electron chi connectivity index (χ0n) is 7.72. The van der Waals surface area contributed by atoms with Gasteiger partial charge in [0.2, 0.25) is 0 Å². The van der Waals surface area contributed by atoms with Crippen molar-refractivity contribution in [3.63, 3.8) is 0 Å². The Labute approximate surface area is 77.5 Å². The Kier molecular flexibility index (Phi) is 3.55. The Morgan fingerprint density at radius 2 is 2.23 bits per heavy atom. The molecule has 0 heterocycles. The van der Waals surface area contributed by atoms with E-state index >= 15 is 0 Å². The van der Waals surface area contributed by atoms with E-state index in [1.165, 1.54) is 18.2 Å². The summed E-state index contributed by atoms with van der Waals surface area (Å²) < 4.78 is 18.2. The molecular weight excluding hydrogens is 169 g/mol. The number of ether oxygens (including phenoxy) is 1. The summed E-state index contributed by atoms with van der Waals surface area (Å²) in [5, 5.41) is 0. The molecule has 2 nitrogen and oxygen atoms in total. The first-order chi connectivity index (χ1) is 6.24. The van der Waals surface area contributed by atoms with Crippen molar-refractivity contribution in [1.82, 2.24) is 0 Å². The predicted octanol–water partition coefficient (Wildman–Crippen LogP) is 2.59. The summed E-state index contributed by atoms with van der Waals surface area (Å²) in [6.07, 6.45) is 1.96. The monoisotopic (exact) mass is 183 g/mol. The average Bonchev–Trinajstić information content (AvgIpc) is 2.11. The number of hydrogen-bond donors (Lipinski definition) is 1. The first kappa shape index (κ1) is 9.84. The number of hydrogen-bond acceptors (Lipinski definition) is 2. The third-order valence-corrected chi connectivity index (χ3v) is 1.71. The molecule has 0 aliphatic rings. The first-order valence-electron chi connectivity index (χ1n) is 4.42. The van der Waals surface area contributed by atoms with Crippen LogP contribution in [-0.2, 0) is 0 Å². The van der Waals surface area contributed by atoms with Crippen molar-refractivity contribution in [2.24, 2.45) is 0 Å². The highest BCUT2D eigenvalue weighted by molar-refractivity contribution is 5.44. The Morgan fingerprint density at radius 3 is 2.92 bits per heavy atom. The lowest BCUT2D eigenvalue weighted by Crippen LogP contribution is -1.99. The van der Waals surface area contributed by atoms with E-state index in [4.69, 9.17) is 10.5 Å². The minimum absolute atomic E-state index is 0.244. The molecule has 1 aromatic rings. The maximum Gasteiger partial charge on any atom is 0.165 e. The number of halogens is 1. The fourth-order valence-corrected chi connectivity index (χ4v) is 0.957. The summed E-state index contributed by atoms with van der Waals surface area (Å²) in [4.78, 5) is 0. The van der Waals surface area contributed by atoms with Crippen LogP contribution in [0.25, 0.3) is 0 Å². The van der Waals surface area contributed by atoms with Crippen molar-refractivity contribution in [2.75, 3.05) is 12.3 Å². The van der Waals surface area contributed by atoms with Crippen molar-refractivity contribution >= 4 is 5.69 Å². The highest BCUT2D eigenvalue weighted by atomic mass is 19.1. The number of nitrogen functional groups attached to an aromatic ring is 1. The van der Waals surface area contributed by atoms with Gasteiger partial charge in [0.1, 0.15) is 0 Å². The van der Waals surface area contributed by atoms with E-state index < -0.39 is 0 Å². The normalized spacial score (nSPS) is 10.0. The van der Waals surface area contributed by atoms with Gasteiger partial charge in [-0.1, -0.05) is 13.3 Å². The summed E-state index contributed by atoms with van der Waals surface area (Å²) in [7, 11) is 0. The molecule has 0 bridgehead atoms. The second kappa shape index (κ2) is 4.70. The highest BCUT2D eigenvalue weighted by Crippen LogP contribution is 2.19. The van der Waals surface area contributed by atoms with Crippen molar-refractivity contribution in [3.8, 4) is 5.75 Å². The maximum absolute atomic E-state index is 13.0. The topological polar surface area (TPSA) is 35.2 Å². The van der Waals surface area contributed by atoms with Gasteiger partial charge in [0.15, 0.2) is 11.6 Å². The Morgan fingerprint density at radius 1 is 1.46 bits per heavy atom. The molecule has 1 rings (SSSR count). The molecule has 0 saturated carbocycles. The highest BCUT2D eigenvalue weighted by Gasteiger charge is 2.02. The Hall–Kier alpha value is -1.25. The summed E-state index contributed by atoms with van der Waals surface area (Å²) in [5.41, 5.74) is 6.01. The van der Waals surface area contributed by atoms with Crippen molar-refractivity contribution < 1.29 is 9.13 Å². The lowest BCUT2D eigenvalue weighted by molar-refractivity contribution is 0.294. The van der Waals surface area contributed by atoms with Gasteiger partial charge in [-0.15, -0.1) is 0 Å². The van der Waals surface area contributed by atoms with Gasteiger partial charge in [-0.2, -0.15) is 0 Å². The number of anilines is 1. The van der Waals surface area contributed by atoms with Gasteiger partial charge >= 0.3 is 0 Å². The van der Waals surface area contributed by atoms with Crippen molar-refractivity contribution in [2.45, 2.75) is 19.8 Å². The number of benzene rings is 1. The Balaban J connectivity index is 2.59. The molecule has 1 aromatic carbocycles. The van der Waals surface area contributed by atoms with E-state index in [9.17, 15) is 4.39 Å². The van der Waals surface area contributed by atoms with E-state index in [0.29, 0.717) is 12.3 Å². The smallest absolute Gasteiger partial charge is 0.165 e. The minimum Gasteiger partial charge on any atom is -0.490 e. The molecule has 0 saturated heterocycles. The molecule has 3 heteroatoms. The van der Waals surface area contributed by atoms with E-state index in [1.807, 2.05) is 0 Å². The van der Waals surface area contributed by atoms with Crippen LogP contribution in [0.15, 0.2) is 18.2 Å². The molecule has 13 heavy (non-hydrogen) atoms. The van der Waals surface area contributed by atoms with Gasteiger partial charge in [-0.3, -0.25) is 0 Å². The number of rotatable bonds is 4. The van der Waals surface area contributed by atoms with Crippen LogP contribution in [0.1, 0.15) is 19.8 Å². The number of nitrogens with two attached hydrogens (primary N) is 1. The molecule has 0 spiro atoms. The van der Waals surface area contributed by atoms with Crippen LogP contribution in [0.3, 0.4) is 0 Å². The molecule has 0 fully saturated rings. The third-order valence-electron chi connectivity index (χ3n) is 1.71. The molecule has 0 amide bonds. The first-order valence-corrected chi connectivity index (χ1v) is 4.42. The van der Waals surface area contributed by atoms with Crippen LogP contribution in [-0.4, -0.2) is 6.61 Å². The standard InChI is InChI=1S/C10H14FNO/c1-2-3-6-13-10-7-8(12)4-5-9(10)11/h4-5,7H,2-3,6,12H2,1H3. The van der Waals surface area contributed by atoms with Crippen LogP contribution in [0.2, 0.25) is 0 Å². The largest absolute Gasteiger partial charge is 0.490 e. The molecule has 2 N–H and O–H groups in total.